The fourth-order valence-electron chi connectivity index (χ4n) is 3.41. The first-order valence-electron chi connectivity index (χ1n) is 8.62. The molecule has 0 aromatic rings. The van der Waals surface area contributed by atoms with Crippen molar-refractivity contribution >= 4 is 5.96 Å². The molecule has 2 fully saturated rings. The van der Waals surface area contributed by atoms with Gasteiger partial charge in [0.05, 0.1) is 12.0 Å². The Balaban J connectivity index is 1.70. The smallest absolute Gasteiger partial charge is 0.376 e. The summed E-state index contributed by atoms with van der Waals surface area (Å²) in [6, 6.07) is 0. The molecule has 1 saturated heterocycles. The summed E-state index contributed by atoms with van der Waals surface area (Å²) in [7, 11) is 1.68. The molecule has 2 rings (SSSR count). The van der Waals surface area contributed by atoms with E-state index in [1.54, 1.807) is 7.05 Å². The van der Waals surface area contributed by atoms with E-state index < -0.39 is 12.1 Å². The topological polar surface area (TPSA) is 45.7 Å². The molecule has 1 aliphatic carbocycles. The van der Waals surface area contributed by atoms with Crippen molar-refractivity contribution in [3.63, 3.8) is 0 Å². The van der Waals surface area contributed by atoms with E-state index in [9.17, 15) is 13.2 Å². The van der Waals surface area contributed by atoms with E-state index in [1.165, 1.54) is 6.42 Å². The SMILES string of the molecule is CN=C(NCC1CCCC(C(F)(F)F)C1)NCC1CCCCO1. The number of hydrogen-bond acceptors (Lipinski definition) is 2. The average molecular weight is 335 g/mol. The summed E-state index contributed by atoms with van der Waals surface area (Å²) in [6.07, 6.45) is 1.47. The van der Waals surface area contributed by atoms with Gasteiger partial charge in [0.15, 0.2) is 5.96 Å². The molecule has 0 radical (unpaired) electrons. The first-order chi connectivity index (χ1) is 11.0. The number of ether oxygens (including phenoxy) is 1. The number of nitrogens with one attached hydrogen (secondary N) is 2. The molecule has 2 aliphatic rings. The normalized spacial score (nSPS) is 30.1. The molecule has 0 spiro atoms. The summed E-state index contributed by atoms with van der Waals surface area (Å²) in [4.78, 5) is 4.14. The van der Waals surface area contributed by atoms with Crippen LogP contribution >= 0.6 is 0 Å². The highest BCUT2D eigenvalue weighted by Crippen LogP contribution is 2.39. The zero-order valence-corrected chi connectivity index (χ0v) is 13.8. The predicted octanol–water partition coefficient (Wildman–Crippen LogP) is 3.09. The molecule has 0 aromatic heterocycles. The van der Waals surface area contributed by atoms with E-state index >= 15 is 0 Å². The van der Waals surface area contributed by atoms with Gasteiger partial charge in [0.1, 0.15) is 0 Å². The van der Waals surface area contributed by atoms with Crippen molar-refractivity contribution in [1.29, 1.82) is 0 Å². The van der Waals surface area contributed by atoms with E-state index in [-0.39, 0.29) is 24.9 Å². The van der Waals surface area contributed by atoms with Crippen molar-refractivity contribution in [3.05, 3.63) is 0 Å². The number of halogens is 3. The fourth-order valence-corrected chi connectivity index (χ4v) is 3.41. The second kappa shape index (κ2) is 8.76. The van der Waals surface area contributed by atoms with Gasteiger partial charge in [0.25, 0.3) is 0 Å². The Labute approximate surface area is 136 Å². The molecular formula is C16H28F3N3O. The highest BCUT2D eigenvalue weighted by molar-refractivity contribution is 5.79. The largest absolute Gasteiger partial charge is 0.391 e. The third-order valence-electron chi connectivity index (χ3n) is 4.80. The van der Waals surface area contributed by atoms with Crippen molar-refractivity contribution < 1.29 is 17.9 Å². The molecule has 1 aliphatic heterocycles. The van der Waals surface area contributed by atoms with Crippen molar-refractivity contribution in [2.24, 2.45) is 16.8 Å². The molecule has 23 heavy (non-hydrogen) atoms. The maximum absolute atomic E-state index is 12.8. The highest BCUT2D eigenvalue weighted by Gasteiger charge is 2.42. The Morgan fingerprint density at radius 2 is 1.87 bits per heavy atom. The van der Waals surface area contributed by atoms with E-state index in [4.69, 9.17) is 4.74 Å². The molecule has 1 saturated carbocycles. The van der Waals surface area contributed by atoms with Gasteiger partial charge in [0.2, 0.25) is 0 Å². The number of nitrogens with zero attached hydrogens (tertiary/aromatic N) is 1. The van der Waals surface area contributed by atoms with Gasteiger partial charge in [-0.25, -0.2) is 0 Å². The van der Waals surface area contributed by atoms with Crippen LogP contribution in [0, 0.1) is 11.8 Å². The summed E-state index contributed by atoms with van der Waals surface area (Å²) >= 11 is 0. The maximum atomic E-state index is 12.8. The molecule has 7 heteroatoms. The van der Waals surface area contributed by atoms with Crippen LogP contribution in [0.2, 0.25) is 0 Å². The molecular weight excluding hydrogens is 307 g/mol. The summed E-state index contributed by atoms with van der Waals surface area (Å²) in [5.74, 6) is -0.443. The van der Waals surface area contributed by atoms with E-state index in [0.717, 1.165) is 25.9 Å². The van der Waals surface area contributed by atoms with Crippen LogP contribution < -0.4 is 10.6 Å². The fraction of sp³-hybridized carbons (Fsp3) is 0.938. The van der Waals surface area contributed by atoms with E-state index in [2.05, 4.69) is 15.6 Å². The van der Waals surface area contributed by atoms with Gasteiger partial charge in [-0.15, -0.1) is 0 Å². The van der Waals surface area contributed by atoms with Gasteiger partial charge in [-0.05, 0) is 44.4 Å². The van der Waals surface area contributed by atoms with Gasteiger partial charge < -0.3 is 15.4 Å². The number of alkyl halides is 3. The molecule has 0 amide bonds. The highest BCUT2D eigenvalue weighted by atomic mass is 19.4. The van der Waals surface area contributed by atoms with Crippen molar-refractivity contribution in [3.8, 4) is 0 Å². The maximum Gasteiger partial charge on any atom is 0.391 e. The molecule has 2 N–H and O–H groups in total. The van der Waals surface area contributed by atoms with Crippen LogP contribution in [-0.2, 0) is 4.74 Å². The zero-order chi connectivity index (χ0) is 16.7. The summed E-state index contributed by atoms with van der Waals surface area (Å²) in [6.45, 7) is 2.03. The lowest BCUT2D eigenvalue weighted by Gasteiger charge is -2.31. The van der Waals surface area contributed by atoms with E-state index in [1.807, 2.05) is 0 Å². The van der Waals surface area contributed by atoms with Crippen molar-refractivity contribution in [2.75, 3.05) is 26.7 Å². The minimum atomic E-state index is -4.06. The first kappa shape index (κ1) is 18.4. The van der Waals surface area contributed by atoms with Crippen LogP contribution in [0.1, 0.15) is 44.9 Å². The lowest BCUT2D eigenvalue weighted by Crippen LogP contribution is -2.44. The number of rotatable bonds is 4. The molecule has 0 bridgehead atoms. The third kappa shape index (κ3) is 6.20. The quantitative estimate of drug-likeness (QED) is 0.613. The second-order valence-corrected chi connectivity index (χ2v) is 6.59. The summed E-state index contributed by atoms with van der Waals surface area (Å²) in [5.41, 5.74) is 0. The van der Waals surface area contributed by atoms with Gasteiger partial charge >= 0.3 is 6.18 Å². The molecule has 4 nitrogen and oxygen atoms in total. The predicted molar refractivity (Wildman–Crippen MR) is 84.5 cm³/mol. The average Bonchev–Trinajstić information content (AvgIpc) is 2.55. The lowest BCUT2D eigenvalue weighted by molar-refractivity contribution is -0.185. The minimum absolute atomic E-state index is 0.0554. The van der Waals surface area contributed by atoms with Crippen LogP contribution in [0.5, 0.6) is 0 Å². The second-order valence-electron chi connectivity index (χ2n) is 6.59. The minimum Gasteiger partial charge on any atom is -0.376 e. The number of hydrogen-bond donors (Lipinski definition) is 2. The van der Waals surface area contributed by atoms with Gasteiger partial charge in [-0.2, -0.15) is 13.2 Å². The van der Waals surface area contributed by atoms with Crippen LogP contribution in [0.25, 0.3) is 0 Å². The molecule has 3 atom stereocenters. The summed E-state index contributed by atoms with van der Waals surface area (Å²) in [5, 5.41) is 6.38. The van der Waals surface area contributed by atoms with Gasteiger partial charge in [0, 0.05) is 26.7 Å². The molecule has 3 unspecified atom stereocenters. The van der Waals surface area contributed by atoms with Crippen LogP contribution in [0.3, 0.4) is 0 Å². The number of aliphatic imine (C=N–C) groups is 1. The Hall–Kier alpha value is -0.980. The Bertz CT molecular complexity index is 381. The van der Waals surface area contributed by atoms with Gasteiger partial charge in [-0.3, -0.25) is 4.99 Å². The molecule has 1 heterocycles. The molecule has 0 aromatic carbocycles. The molecule has 134 valence electrons. The van der Waals surface area contributed by atoms with Crippen LogP contribution in [0.15, 0.2) is 4.99 Å². The lowest BCUT2D eigenvalue weighted by atomic mass is 9.81. The first-order valence-corrected chi connectivity index (χ1v) is 8.62. The van der Waals surface area contributed by atoms with Crippen molar-refractivity contribution in [2.45, 2.75) is 57.2 Å². The van der Waals surface area contributed by atoms with Crippen LogP contribution in [0.4, 0.5) is 13.2 Å². The van der Waals surface area contributed by atoms with E-state index in [0.29, 0.717) is 25.5 Å². The Kier molecular flexibility index (Phi) is 6.99. The Morgan fingerprint density at radius 3 is 2.52 bits per heavy atom. The number of guanidine groups is 1. The third-order valence-corrected chi connectivity index (χ3v) is 4.80. The van der Waals surface area contributed by atoms with Gasteiger partial charge in [-0.1, -0.05) is 6.42 Å². The zero-order valence-electron chi connectivity index (χ0n) is 13.8. The van der Waals surface area contributed by atoms with Crippen LogP contribution in [-0.4, -0.2) is 45.0 Å². The van der Waals surface area contributed by atoms with Crippen molar-refractivity contribution in [1.82, 2.24) is 10.6 Å². The monoisotopic (exact) mass is 335 g/mol. The Morgan fingerprint density at radius 1 is 1.09 bits per heavy atom. The standard InChI is InChI=1S/C16H28F3N3O/c1-20-15(22-11-14-7-2-3-8-23-14)21-10-12-5-4-6-13(9-12)16(17,18)19/h12-14H,2-11H2,1H3,(H2,20,21,22). The summed E-state index contributed by atoms with van der Waals surface area (Å²) < 4.78 is 44.2.